The molecule has 0 fully saturated rings. The van der Waals surface area contributed by atoms with Gasteiger partial charge in [0.05, 0.1) is 11.3 Å². The minimum atomic E-state index is 0.466. The molecule has 0 saturated carbocycles. The second-order valence-electron chi connectivity index (χ2n) is 4.68. The monoisotopic (exact) mass is 338 g/mol. The molecule has 3 aromatic heterocycles. The quantitative estimate of drug-likeness (QED) is 0.522. The maximum absolute atomic E-state index is 9.27. The number of nitriles is 1. The number of pyridine rings is 3. The summed E-state index contributed by atoms with van der Waals surface area (Å²) in [5.41, 5.74) is 3.31. The molecular weight excluding hydrogens is 328 g/mol. The van der Waals surface area contributed by atoms with E-state index >= 15 is 0 Å². The Hall–Kier alpha value is -2.42. The maximum Gasteiger partial charge on any atom is 0.129 e. The van der Waals surface area contributed by atoms with Gasteiger partial charge in [0.25, 0.3) is 0 Å². The molecule has 0 N–H and O–H groups in total. The van der Waals surface area contributed by atoms with Gasteiger partial charge in [-0.05, 0) is 35.9 Å². The van der Waals surface area contributed by atoms with E-state index in [1.807, 2.05) is 24.3 Å². The molecule has 3 rings (SSSR count). The Morgan fingerprint density at radius 2 is 2.04 bits per heavy atom. The summed E-state index contributed by atoms with van der Waals surface area (Å²) in [6.07, 6.45) is 5.20. The molecule has 23 heavy (non-hydrogen) atoms. The number of halogens is 1. The van der Waals surface area contributed by atoms with Crippen molar-refractivity contribution in [3.05, 3.63) is 71.3 Å². The number of thioether (sulfide) groups is 1. The molecule has 0 unspecified atom stereocenters. The molecule has 0 amide bonds. The zero-order valence-corrected chi connectivity index (χ0v) is 13.6. The Morgan fingerprint density at radius 3 is 2.74 bits per heavy atom. The van der Waals surface area contributed by atoms with Gasteiger partial charge in [0, 0.05) is 29.9 Å². The standard InChI is InChI=1S/C17H11ClN4S/c18-16-6-3-12(9-21-16)11-23-17-13(8-19)4-5-15(22-17)14-2-1-7-20-10-14/h1-7,9-10H,11H2. The van der Waals surface area contributed by atoms with Crippen LogP contribution in [0.5, 0.6) is 0 Å². The molecule has 0 aromatic carbocycles. The Bertz CT molecular complexity index is 845. The number of hydrogen-bond acceptors (Lipinski definition) is 5. The van der Waals surface area contributed by atoms with E-state index in [-0.39, 0.29) is 0 Å². The van der Waals surface area contributed by atoms with Gasteiger partial charge >= 0.3 is 0 Å². The first-order valence-corrected chi connectivity index (χ1v) is 8.17. The van der Waals surface area contributed by atoms with Gasteiger partial charge in [-0.15, -0.1) is 11.8 Å². The highest BCUT2D eigenvalue weighted by Gasteiger charge is 2.08. The van der Waals surface area contributed by atoms with Crippen LogP contribution in [-0.2, 0) is 5.75 Å². The molecule has 0 atom stereocenters. The smallest absolute Gasteiger partial charge is 0.129 e. The second-order valence-corrected chi connectivity index (χ2v) is 6.03. The molecular formula is C17H11ClN4S. The molecule has 112 valence electrons. The molecule has 3 aromatic rings. The van der Waals surface area contributed by atoms with Crippen molar-refractivity contribution >= 4 is 23.4 Å². The van der Waals surface area contributed by atoms with Crippen LogP contribution in [0.3, 0.4) is 0 Å². The maximum atomic E-state index is 9.27. The van der Waals surface area contributed by atoms with Gasteiger partial charge in [0.15, 0.2) is 0 Å². The first-order valence-electron chi connectivity index (χ1n) is 6.81. The Balaban J connectivity index is 1.85. The molecule has 0 aliphatic heterocycles. The van der Waals surface area contributed by atoms with Crippen LogP contribution < -0.4 is 0 Å². The van der Waals surface area contributed by atoms with Crippen LogP contribution >= 0.6 is 23.4 Å². The van der Waals surface area contributed by atoms with Crippen LogP contribution in [0.15, 0.2) is 60.0 Å². The molecule has 6 heteroatoms. The molecule has 0 aliphatic carbocycles. The van der Waals surface area contributed by atoms with Crippen LogP contribution in [0.4, 0.5) is 0 Å². The van der Waals surface area contributed by atoms with E-state index in [0.717, 1.165) is 16.8 Å². The molecule has 3 heterocycles. The van der Waals surface area contributed by atoms with Gasteiger partial charge in [-0.2, -0.15) is 5.26 Å². The van der Waals surface area contributed by atoms with Crippen molar-refractivity contribution < 1.29 is 0 Å². The zero-order valence-electron chi connectivity index (χ0n) is 12.0. The predicted octanol–water partition coefficient (Wildman–Crippen LogP) is 4.36. The van der Waals surface area contributed by atoms with E-state index < -0.39 is 0 Å². The van der Waals surface area contributed by atoms with Crippen LogP contribution in [0.1, 0.15) is 11.1 Å². The predicted molar refractivity (Wildman–Crippen MR) is 91.0 cm³/mol. The topological polar surface area (TPSA) is 62.5 Å². The Morgan fingerprint density at radius 1 is 1.13 bits per heavy atom. The van der Waals surface area contributed by atoms with Crippen LogP contribution in [-0.4, -0.2) is 15.0 Å². The fourth-order valence-electron chi connectivity index (χ4n) is 1.95. The Kier molecular flexibility index (Phi) is 4.86. The average molecular weight is 339 g/mol. The van der Waals surface area contributed by atoms with Gasteiger partial charge in [0.1, 0.15) is 16.2 Å². The third kappa shape index (κ3) is 3.86. The summed E-state index contributed by atoms with van der Waals surface area (Å²) in [5, 5.41) is 10.4. The molecule has 0 radical (unpaired) electrons. The lowest BCUT2D eigenvalue weighted by Gasteiger charge is -2.06. The number of nitrogens with zero attached hydrogens (tertiary/aromatic N) is 4. The van der Waals surface area contributed by atoms with Gasteiger partial charge in [-0.1, -0.05) is 17.7 Å². The SMILES string of the molecule is N#Cc1ccc(-c2cccnc2)nc1SCc1ccc(Cl)nc1. The largest absolute Gasteiger partial charge is 0.264 e. The van der Waals surface area contributed by atoms with Crippen molar-refractivity contribution in [3.8, 4) is 17.3 Å². The normalized spacial score (nSPS) is 10.3. The van der Waals surface area contributed by atoms with Gasteiger partial charge in [-0.3, -0.25) is 4.98 Å². The lowest BCUT2D eigenvalue weighted by molar-refractivity contribution is 1.11. The van der Waals surface area contributed by atoms with Crippen molar-refractivity contribution in [2.45, 2.75) is 10.8 Å². The number of aromatic nitrogens is 3. The van der Waals surface area contributed by atoms with E-state index in [9.17, 15) is 5.26 Å². The van der Waals surface area contributed by atoms with Crippen molar-refractivity contribution in [2.24, 2.45) is 0 Å². The fourth-order valence-corrected chi connectivity index (χ4v) is 2.97. The van der Waals surface area contributed by atoms with Crippen molar-refractivity contribution in [1.82, 2.24) is 15.0 Å². The van der Waals surface area contributed by atoms with Crippen molar-refractivity contribution in [3.63, 3.8) is 0 Å². The lowest BCUT2D eigenvalue weighted by atomic mass is 10.2. The van der Waals surface area contributed by atoms with E-state index in [2.05, 4.69) is 21.0 Å². The summed E-state index contributed by atoms with van der Waals surface area (Å²) in [6, 6.07) is 13.3. The highest BCUT2D eigenvalue weighted by atomic mass is 35.5. The third-order valence-electron chi connectivity index (χ3n) is 3.10. The lowest BCUT2D eigenvalue weighted by Crippen LogP contribution is -1.92. The van der Waals surface area contributed by atoms with E-state index in [1.165, 1.54) is 11.8 Å². The molecule has 0 saturated heterocycles. The summed E-state index contributed by atoms with van der Waals surface area (Å²) in [6.45, 7) is 0. The van der Waals surface area contributed by atoms with Crippen molar-refractivity contribution in [2.75, 3.05) is 0 Å². The molecule has 4 nitrogen and oxygen atoms in total. The summed E-state index contributed by atoms with van der Waals surface area (Å²) in [4.78, 5) is 12.8. The Labute approximate surface area is 143 Å². The molecule has 0 spiro atoms. The number of rotatable bonds is 4. The van der Waals surface area contributed by atoms with Gasteiger partial charge in [-0.25, -0.2) is 9.97 Å². The van der Waals surface area contributed by atoms with Crippen LogP contribution in [0, 0.1) is 11.3 Å². The van der Waals surface area contributed by atoms with E-state index in [1.54, 1.807) is 30.7 Å². The summed E-state index contributed by atoms with van der Waals surface area (Å²) in [5.74, 6) is 0.669. The fraction of sp³-hybridized carbons (Fsp3) is 0.0588. The molecule has 0 aliphatic rings. The highest BCUT2D eigenvalue weighted by molar-refractivity contribution is 7.98. The average Bonchev–Trinajstić information content (AvgIpc) is 2.62. The molecule has 0 bridgehead atoms. The first-order chi connectivity index (χ1) is 11.3. The third-order valence-corrected chi connectivity index (χ3v) is 4.39. The number of hydrogen-bond donors (Lipinski definition) is 0. The minimum absolute atomic E-state index is 0.466. The van der Waals surface area contributed by atoms with E-state index in [4.69, 9.17) is 11.6 Å². The highest BCUT2D eigenvalue weighted by Crippen LogP contribution is 2.27. The van der Waals surface area contributed by atoms with Gasteiger partial charge < -0.3 is 0 Å². The zero-order chi connectivity index (χ0) is 16.1. The van der Waals surface area contributed by atoms with Crippen LogP contribution in [0.2, 0.25) is 5.15 Å². The minimum Gasteiger partial charge on any atom is -0.264 e. The first kappa shape index (κ1) is 15.5. The summed E-state index contributed by atoms with van der Waals surface area (Å²) < 4.78 is 0. The van der Waals surface area contributed by atoms with E-state index in [0.29, 0.717) is 21.5 Å². The van der Waals surface area contributed by atoms with Gasteiger partial charge in [0.2, 0.25) is 0 Å². The second kappa shape index (κ2) is 7.23. The van der Waals surface area contributed by atoms with Crippen molar-refractivity contribution in [1.29, 1.82) is 5.26 Å². The van der Waals surface area contributed by atoms with Crippen LogP contribution in [0.25, 0.3) is 11.3 Å². The summed E-state index contributed by atoms with van der Waals surface area (Å²) in [7, 11) is 0. The summed E-state index contributed by atoms with van der Waals surface area (Å²) >= 11 is 7.29.